The Hall–Kier alpha value is -7.48. The molecule has 8 bridgehead atoms. The third-order valence-corrected chi connectivity index (χ3v) is 16.0. The molecule has 12 heteroatoms. The van der Waals surface area contributed by atoms with E-state index in [1.165, 1.54) is 19.6 Å². The van der Waals surface area contributed by atoms with Crippen LogP contribution in [0, 0.1) is 0 Å². The topological polar surface area (TPSA) is 111 Å². The highest BCUT2D eigenvalue weighted by Gasteiger charge is 2.22. The number of anilines is 8. The number of hydrogen-bond donors (Lipinski definition) is 8. The monoisotopic (exact) mass is 952 g/mol. The van der Waals surface area contributed by atoms with E-state index in [-0.39, 0.29) is 0 Å². The van der Waals surface area contributed by atoms with Gasteiger partial charge in [0.15, 0.2) is 0 Å². The molecule has 0 aliphatic carbocycles. The van der Waals surface area contributed by atoms with Crippen LogP contribution in [0.2, 0.25) is 0 Å². The summed E-state index contributed by atoms with van der Waals surface area (Å²) in [4.78, 5) is 24.6. The fourth-order valence-corrected chi connectivity index (χ4v) is 12.4. The molecule has 1 aliphatic heterocycles. The van der Waals surface area contributed by atoms with E-state index in [4.69, 9.17) is 0 Å². The van der Waals surface area contributed by atoms with Gasteiger partial charge in [0.1, 0.15) is 46.5 Å². The van der Waals surface area contributed by atoms with Gasteiger partial charge in [0.05, 0.1) is 0 Å². The van der Waals surface area contributed by atoms with E-state index >= 15 is 0 Å². The molecule has 1 aliphatic rings. The molecule has 5 heterocycles. The van der Waals surface area contributed by atoms with Gasteiger partial charge in [-0.05, 0) is 121 Å². The Bertz CT molecular complexity index is 3310. The van der Waals surface area contributed by atoms with Crippen LogP contribution in [-0.4, -0.2) is 19.9 Å². The van der Waals surface area contributed by atoms with Crippen LogP contribution in [0.25, 0.3) is 43.1 Å². The lowest BCUT2D eigenvalue weighted by Crippen LogP contribution is -1.97. The molecule has 0 amide bonds. The zero-order valence-electron chi connectivity index (χ0n) is 36.1. The molecule has 0 radical (unpaired) electrons. The Kier molecular flexibility index (Phi) is 10.4. The van der Waals surface area contributed by atoms with Crippen LogP contribution in [-0.2, 0) is 0 Å². The van der Waals surface area contributed by atoms with Crippen molar-refractivity contribution in [2.45, 2.75) is 39.2 Å². The first kappa shape index (κ1) is 40.8. The first-order valence-corrected chi connectivity index (χ1v) is 25.5. The number of aromatic amines is 4. The molecule has 12 aromatic rings. The van der Waals surface area contributed by atoms with E-state index in [1.807, 2.05) is 0 Å². The van der Waals surface area contributed by atoms with Gasteiger partial charge in [-0.15, -0.1) is 0 Å². The van der Waals surface area contributed by atoms with Gasteiger partial charge < -0.3 is 41.2 Å². The number of nitrogens with one attached hydrogen (secondary N) is 8. The van der Waals surface area contributed by atoms with Crippen LogP contribution in [0.3, 0.4) is 0 Å². The van der Waals surface area contributed by atoms with Gasteiger partial charge in [-0.1, -0.05) is 120 Å². The summed E-state index contributed by atoms with van der Waals surface area (Å²) >= 11 is 7.01. The van der Waals surface area contributed by atoms with Crippen LogP contribution in [0.5, 0.6) is 0 Å². The zero-order valence-corrected chi connectivity index (χ0v) is 39.4. The molecule has 0 unspecified atom stereocenters. The molecule has 8 aromatic carbocycles. The Morgan fingerprint density at radius 2 is 0.397 bits per heavy atom. The van der Waals surface area contributed by atoms with Crippen LogP contribution in [0.15, 0.2) is 233 Å². The molecular formula is C56H40N8S4. The SMILES string of the molecule is c1ccc(Sc2ccc3c4[nH]c(c3c2)Nc2[nH]c(c3cc(Sc5ccccc5)ccc23)Nc2[nH]c(c3cc(Sc5ccccc5)ccc23)Nc2[nH]c(c3cc(Sc5ccccc5)ccc23)N4)cc1. The van der Waals surface area contributed by atoms with Gasteiger partial charge in [-0.25, -0.2) is 0 Å². The van der Waals surface area contributed by atoms with E-state index in [1.54, 1.807) is 47.0 Å². The van der Waals surface area contributed by atoms with Gasteiger partial charge >= 0.3 is 0 Å². The zero-order chi connectivity index (χ0) is 45.0. The summed E-state index contributed by atoms with van der Waals surface area (Å²) in [5.74, 6) is 6.95. The number of rotatable bonds is 8. The van der Waals surface area contributed by atoms with Crippen molar-refractivity contribution in [2.24, 2.45) is 0 Å². The number of aromatic nitrogens is 4. The molecule has 0 atom stereocenters. The second-order valence-electron chi connectivity index (χ2n) is 16.5. The Balaban J connectivity index is 1.00. The van der Waals surface area contributed by atoms with Crippen molar-refractivity contribution in [2.75, 3.05) is 21.3 Å². The maximum atomic E-state index is 3.87. The number of fused-ring (bicyclic) bond motifs is 20. The Morgan fingerprint density at radius 1 is 0.191 bits per heavy atom. The average molecular weight is 953 g/mol. The molecule has 0 saturated carbocycles. The summed E-state index contributed by atoms with van der Waals surface area (Å²) < 4.78 is 0. The predicted molar refractivity (Wildman–Crippen MR) is 289 cm³/mol. The minimum absolute atomic E-state index is 0.868. The second-order valence-corrected chi connectivity index (χ2v) is 21.1. The lowest BCUT2D eigenvalue weighted by molar-refractivity contribution is 1.28. The molecular weight excluding hydrogens is 913 g/mol. The Labute approximate surface area is 408 Å². The highest BCUT2D eigenvalue weighted by Crippen LogP contribution is 2.46. The largest absolute Gasteiger partial charge is 0.327 e. The van der Waals surface area contributed by atoms with Crippen molar-refractivity contribution in [3.63, 3.8) is 0 Å². The molecule has 8 N–H and O–H groups in total. The van der Waals surface area contributed by atoms with Crippen molar-refractivity contribution in [3.8, 4) is 0 Å². The summed E-state index contributed by atoms with van der Waals surface area (Å²) in [5.41, 5.74) is 0. The van der Waals surface area contributed by atoms with Crippen molar-refractivity contribution in [3.05, 3.63) is 194 Å². The van der Waals surface area contributed by atoms with E-state index < -0.39 is 0 Å². The minimum Gasteiger partial charge on any atom is -0.327 e. The summed E-state index contributed by atoms with van der Waals surface area (Å²) in [5, 5.41) is 23.9. The first-order chi connectivity index (χ1) is 33.6. The van der Waals surface area contributed by atoms with Crippen LogP contribution >= 0.6 is 47.0 Å². The van der Waals surface area contributed by atoms with Gasteiger partial charge in [-0.2, -0.15) is 0 Å². The van der Waals surface area contributed by atoms with Crippen molar-refractivity contribution in [1.82, 2.24) is 19.9 Å². The summed E-state index contributed by atoms with van der Waals surface area (Å²) in [6.07, 6.45) is 0. The van der Waals surface area contributed by atoms with Gasteiger partial charge in [-0.3, -0.25) is 0 Å². The van der Waals surface area contributed by atoms with Crippen molar-refractivity contribution >= 4 is 137 Å². The van der Waals surface area contributed by atoms with Crippen molar-refractivity contribution < 1.29 is 0 Å². The molecule has 4 aromatic heterocycles. The summed E-state index contributed by atoms with van der Waals surface area (Å²) in [6.45, 7) is 0. The lowest BCUT2D eigenvalue weighted by atomic mass is 10.1. The van der Waals surface area contributed by atoms with Crippen LogP contribution < -0.4 is 21.3 Å². The van der Waals surface area contributed by atoms with Gasteiger partial charge in [0.2, 0.25) is 0 Å². The molecule has 13 rings (SSSR count). The molecule has 8 nitrogen and oxygen atoms in total. The maximum Gasteiger partial charge on any atom is 0.118 e. The second kappa shape index (κ2) is 17.3. The molecule has 328 valence electrons. The fraction of sp³-hybridized carbons (Fsp3) is 0. The molecule has 0 spiro atoms. The molecule has 0 saturated heterocycles. The fourth-order valence-electron chi connectivity index (χ4n) is 8.87. The minimum atomic E-state index is 0.868. The van der Waals surface area contributed by atoms with E-state index in [9.17, 15) is 0 Å². The van der Waals surface area contributed by atoms with Crippen LogP contribution in [0.1, 0.15) is 0 Å². The summed E-state index contributed by atoms with van der Waals surface area (Å²) in [7, 11) is 0. The highest BCUT2D eigenvalue weighted by atomic mass is 32.2. The highest BCUT2D eigenvalue weighted by molar-refractivity contribution is 8.00. The first-order valence-electron chi connectivity index (χ1n) is 22.2. The normalized spacial score (nSPS) is 12.2. The third kappa shape index (κ3) is 7.90. The Morgan fingerprint density at radius 3 is 0.618 bits per heavy atom. The third-order valence-electron chi connectivity index (χ3n) is 12.0. The van der Waals surface area contributed by atoms with Gasteiger partial charge in [0, 0.05) is 82.3 Å². The number of H-pyrrole nitrogens is 4. The number of hydrogen-bond acceptors (Lipinski definition) is 8. The lowest BCUT2D eigenvalue weighted by Gasteiger charge is -2.06. The van der Waals surface area contributed by atoms with E-state index in [2.05, 4.69) is 235 Å². The van der Waals surface area contributed by atoms with Crippen molar-refractivity contribution in [1.29, 1.82) is 0 Å². The summed E-state index contributed by atoms with van der Waals surface area (Å²) in [6, 6.07) is 68.9. The van der Waals surface area contributed by atoms with Crippen LogP contribution in [0.4, 0.5) is 46.5 Å². The molecule has 0 fully saturated rings. The number of benzene rings is 8. The predicted octanol–water partition coefficient (Wildman–Crippen LogP) is 17.5. The smallest absolute Gasteiger partial charge is 0.118 e. The standard InChI is InChI=1S/C56H40N8S4/c1-5-13-33(14-6-1)65-37-21-25-41-45(29-37)53-57-49(41)62-54-47-31-39(67-35-17-9-3-10-18-35)23-27-43(47)51(59-54)64-56-48-32-40(68-36-19-11-4-12-20-36)24-28-44(48)52(60-56)63-55-46-30-38(66-34-15-7-2-8-16-34)22-26-42(46)50(58-55)61-53/h1-32,57-64H. The maximum absolute atomic E-state index is 3.87. The van der Waals surface area contributed by atoms with E-state index in [0.29, 0.717) is 0 Å². The van der Waals surface area contributed by atoms with E-state index in [0.717, 1.165) is 109 Å². The molecule has 68 heavy (non-hydrogen) atoms. The van der Waals surface area contributed by atoms with Gasteiger partial charge in [0.25, 0.3) is 0 Å². The quantitative estimate of drug-likeness (QED) is 0.0761. The average Bonchev–Trinajstić information content (AvgIpc) is 4.10.